The average molecular weight is 354 g/mol. The number of aliphatic hydroxyl groups is 1. The van der Waals surface area contributed by atoms with Gasteiger partial charge in [0.2, 0.25) is 0 Å². The maximum atomic E-state index is 12.5. The molecule has 1 amide bonds. The number of hydrogen-bond donors (Lipinski definition) is 3. The fraction of sp³-hybridized carbons (Fsp3) is 0.389. The first-order valence-electron chi connectivity index (χ1n) is 8.86. The third-order valence-electron chi connectivity index (χ3n) is 4.70. The topological polar surface area (TPSA) is 99.1 Å². The molecule has 8 heteroatoms. The van der Waals surface area contributed by atoms with Crippen LogP contribution >= 0.6 is 0 Å². The SMILES string of the molecule is O=C(Nc1cnn(CCN2CCCC(O)C2)c1)c1n[nH]c2ccccc12. The van der Waals surface area contributed by atoms with Crippen molar-refractivity contribution in [1.29, 1.82) is 0 Å². The Bertz CT molecular complexity index is 902. The van der Waals surface area contributed by atoms with E-state index in [4.69, 9.17) is 0 Å². The van der Waals surface area contributed by atoms with Gasteiger partial charge in [0.05, 0.1) is 30.0 Å². The van der Waals surface area contributed by atoms with Crippen molar-refractivity contribution in [3.8, 4) is 0 Å². The van der Waals surface area contributed by atoms with Crippen LogP contribution in [-0.4, -0.2) is 61.6 Å². The third-order valence-corrected chi connectivity index (χ3v) is 4.70. The number of benzene rings is 1. The van der Waals surface area contributed by atoms with Crippen molar-refractivity contribution in [1.82, 2.24) is 24.9 Å². The summed E-state index contributed by atoms with van der Waals surface area (Å²) in [6, 6.07) is 7.52. The number of carbonyl (C=O) groups is 1. The highest BCUT2D eigenvalue weighted by Gasteiger charge is 2.18. The molecule has 1 aromatic carbocycles. The van der Waals surface area contributed by atoms with Crippen LogP contribution in [0.25, 0.3) is 10.9 Å². The molecule has 2 aromatic heterocycles. The molecule has 0 bridgehead atoms. The van der Waals surface area contributed by atoms with E-state index in [-0.39, 0.29) is 12.0 Å². The second-order valence-electron chi connectivity index (χ2n) is 6.66. The minimum atomic E-state index is -0.263. The monoisotopic (exact) mass is 354 g/mol. The third kappa shape index (κ3) is 3.61. The number of fused-ring (bicyclic) bond motifs is 1. The average Bonchev–Trinajstić information content (AvgIpc) is 3.26. The zero-order valence-corrected chi connectivity index (χ0v) is 14.4. The van der Waals surface area contributed by atoms with Crippen molar-refractivity contribution in [2.75, 3.05) is 25.0 Å². The largest absolute Gasteiger partial charge is 0.392 e. The van der Waals surface area contributed by atoms with E-state index in [2.05, 4.69) is 25.5 Å². The van der Waals surface area contributed by atoms with Crippen molar-refractivity contribution in [2.45, 2.75) is 25.5 Å². The highest BCUT2D eigenvalue weighted by Crippen LogP contribution is 2.17. The van der Waals surface area contributed by atoms with E-state index in [1.54, 1.807) is 10.9 Å². The highest BCUT2D eigenvalue weighted by atomic mass is 16.3. The number of para-hydroxylation sites is 1. The van der Waals surface area contributed by atoms with Crippen LogP contribution in [0.2, 0.25) is 0 Å². The lowest BCUT2D eigenvalue weighted by Crippen LogP contribution is -2.39. The van der Waals surface area contributed by atoms with E-state index in [0.717, 1.165) is 43.4 Å². The zero-order chi connectivity index (χ0) is 17.9. The van der Waals surface area contributed by atoms with Crippen LogP contribution in [0.15, 0.2) is 36.7 Å². The Labute approximate surface area is 150 Å². The van der Waals surface area contributed by atoms with E-state index in [1.165, 1.54) is 0 Å². The molecule has 4 rings (SSSR count). The van der Waals surface area contributed by atoms with Gasteiger partial charge in [0.25, 0.3) is 5.91 Å². The molecule has 3 N–H and O–H groups in total. The van der Waals surface area contributed by atoms with Gasteiger partial charge in [-0.3, -0.25) is 19.5 Å². The minimum Gasteiger partial charge on any atom is -0.392 e. The number of amides is 1. The Morgan fingerprint density at radius 2 is 2.23 bits per heavy atom. The molecular formula is C18H22N6O2. The van der Waals surface area contributed by atoms with Gasteiger partial charge in [0.15, 0.2) is 5.69 Å². The van der Waals surface area contributed by atoms with Gasteiger partial charge in [0.1, 0.15) is 0 Å². The Kier molecular flexibility index (Phi) is 4.68. The van der Waals surface area contributed by atoms with Crippen molar-refractivity contribution in [3.05, 3.63) is 42.4 Å². The molecule has 3 heterocycles. The molecule has 136 valence electrons. The van der Waals surface area contributed by atoms with Crippen LogP contribution in [-0.2, 0) is 6.54 Å². The summed E-state index contributed by atoms with van der Waals surface area (Å²) in [4.78, 5) is 14.7. The lowest BCUT2D eigenvalue weighted by molar-refractivity contribution is 0.0684. The summed E-state index contributed by atoms with van der Waals surface area (Å²) >= 11 is 0. The van der Waals surface area contributed by atoms with E-state index in [1.807, 2.05) is 30.5 Å². The maximum absolute atomic E-state index is 12.5. The van der Waals surface area contributed by atoms with Gasteiger partial charge in [-0.25, -0.2) is 0 Å². The van der Waals surface area contributed by atoms with Gasteiger partial charge in [-0.2, -0.15) is 10.2 Å². The molecule has 0 aliphatic carbocycles. The lowest BCUT2D eigenvalue weighted by atomic mass is 10.1. The predicted molar refractivity (Wildman–Crippen MR) is 98.0 cm³/mol. The van der Waals surface area contributed by atoms with E-state index < -0.39 is 0 Å². The van der Waals surface area contributed by atoms with Crippen LogP contribution in [0.3, 0.4) is 0 Å². The Morgan fingerprint density at radius 3 is 3.12 bits per heavy atom. The van der Waals surface area contributed by atoms with Crippen LogP contribution in [0, 0.1) is 0 Å². The Balaban J connectivity index is 1.36. The number of piperidine rings is 1. The Hall–Kier alpha value is -2.71. The maximum Gasteiger partial charge on any atom is 0.276 e. The molecule has 1 unspecified atom stereocenters. The van der Waals surface area contributed by atoms with Gasteiger partial charge < -0.3 is 10.4 Å². The zero-order valence-electron chi connectivity index (χ0n) is 14.4. The van der Waals surface area contributed by atoms with Crippen molar-refractivity contribution < 1.29 is 9.90 Å². The van der Waals surface area contributed by atoms with Crippen LogP contribution < -0.4 is 5.32 Å². The molecule has 0 saturated carbocycles. The number of aromatic amines is 1. The minimum absolute atomic E-state index is 0.222. The number of H-pyrrole nitrogens is 1. The molecule has 1 fully saturated rings. The van der Waals surface area contributed by atoms with E-state index in [9.17, 15) is 9.90 Å². The summed E-state index contributed by atoms with van der Waals surface area (Å²) in [6.45, 7) is 3.27. The fourth-order valence-corrected chi connectivity index (χ4v) is 3.36. The van der Waals surface area contributed by atoms with Crippen LogP contribution in [0.4, 0.5) is 5.69 Å². The van der Waals surface area contributed by atoms with Crippen LogP contribution in [0.5, 0.6) is 0 Å². The summed E-state index contributed by atoms with van der Waals surface area (Å²) in [7, 11) is 0. The summed E-state index contributed by atoms with van der Waals surface area (Å²) < 4.78 is 1.80. The number of carbonyl (C=O) groups excluding carboxylic acids is 1. The number of likely N-dealkylation sites (tertiary alicyclic amines) is 1. The highest BCUT2D eigenvalue weighted by molar-refractivity contribution is 6.10. The molecule has 8 nitrogen and oxygen atoms in total. The fourth-order valence-electron chi connectivity index (χ4n) is 3.36. The summed E-state index contributed by atoms with van der Waals surface area (Å²) in [5.41, 5.74) is 1.84. The smallest absolute Gasteiger partial charge is 0.276 e. The number of aliphatic hydroxyl groups excluding tert-OH is 1. The molecule has 1 aliphatic heterocycles. The van der Waals surface area contributed by atoms with Gasteiger partial charge in [-0.15, -0.1) is 0 Å². The molecule has 0 radical (unpaired) electrons. The summed E-state index contributed by atoms with van der Waals surface area (Å²) in [5, 5.41) is 24.6. The van der Waals surface area contributed by atoms with Gasteiger partial charge in [-0.05, 0) is 25.5 Å². The number of anilines is 1. The summed E-state index contributed by atoms with van der Waals surface area (Å²) in [5.74, 6) is -0.263. The molecule has 0 spiro atoms. The molecule has 1 atom stereocenters. The van der Waals surface area contributed by atoms with Crippen LogP contribution in [0.1, 0.15) is 23.3 Å². The summed E-state index contributed by atoms with van der Waals surface area (Å²) in [6.07, 6.45) is 5.14. The number of nitrogens with one attached hydrogen (secondary N) is 2. The van der Waals surface area contributed by atoms with Crippen molar-refractivity contribution in [3.63, 3.8) is 0 Å². The van der Waals surface area contributed by atoms with E-state index >= 15 is 0 Å². The first-order chi connectivity index (χ1) is 12.7. The number of rotatable bonds is 5. The number of β-amino-alcohol motifs (C(OH)–C–C–N with tert-alkyl or cyclic N) is 1. The van der Waals surface area contributed by atoms with Crippen molar-refractivity contribution >= 4 is 22.5 Å². The molecule has 3 aromatic rings. The molecule has 1 aliphatic rings. The standard InChI is InChI=1S/C18H22N6O2/c25-14-4-3-7-23(12-14)8-9-24-11-13(10-19-24)20-18(26)17-15-5-1-2-6-16(15)21-22-17/h1-2,5-6,10-11,14,25H,3-4,7-9,12H2,(H,20,26)(H,21,22). The van der Waals surface area contributed by atoms with Crippen molar-refractivity contribution in [2.24, 2.45) is 0 Å². The van der Waals surface area contributed by atoms with Gasteiger partial charge in [-0.1, -0.05) is 18.2 Å². The second kappa shape index (κ2) is 7.27. The van der Waals surface area contributed by atoms with Gasteiger partial charge in [0, 0.05) is 24.7 Å². The number of hydrogen-bond acceptors (Lipinski definition) is 5. The molecular weight excluding hydrogens is 332 g/mol. The molecule has 1 saturated heterocycles. The molecule has 26 heavy (non-hydrogen) atoms. The Morgan fingerprint density at radius 1 is 1.35 bits per heavy atom. The van der Waals surface area contributed by atoms with Gasteiger partial charge >= 0.3 is 0 Å². The number of aromatic nitrogens is 4. The lowest BCUT2D eigenvalue weighted by Gasteiger charge is -2.29. The quantitative estimate of drug-likeness (QED) is 0.644. The second-order valence-corrected chi connectivity index (χ2v) is 6.66. The van der Waals surface area contributed by atoms with E-state index in [0.29, 0.717) is 17.9 Å². The number of nitrogens with zero attached hydrogens (tertiary/aromatic N) is 4. The first-order valence-corrected chi connectivity index (χ1v) is 8.86. The predicted octanol–water partition coefficient (Wildman–Crippen LogP) is 1.47. The first kappa shape index (κ1) is 16.7. The normalized spacial score (nSPS) is 18.3.